The van der Waals surface area contributed by atoms with Crippen LogP contribution in [0, 0.1) is 12.8 Å². The minimum atomic E-state index is -0.0274. The Morgan fingerprint density at radius 2 is 2.12 bits per heavy atom. The molecule has 1 aliphatic rings. The van der Waals surface area contributed by atoms with Gasteiger partial charge in [-0.05, 0) is 61.6 Å². The normalized spacial score (nSPS) is 17.6. The SMILES string of the molecule is Cc1cc(Br)ccc1Nc1ccc(C(=O)N2CCCC(C)C2)nn1. The Morgan fingerprint density at radius 3 is 2.79 bits per heavy atom. The Morgan fingerprint density at radius 1 is 1.29 bits per heavy atom. The van der Waals surface area contributed by atoms with Crippen LogP contribution >= 0.6 is 15.9 Å². The smallest absolute Gasteiger partial charge is 0.274 e. The molecule has 2 heterocycles. The van der Waals surface area contributed by atoms with Crippen molar-refractivity contribution >= 4 is 33.3 Å². The highest BCUT2D eigenvalue weighted by Gasteiger charge is 2.23. The fourth-order valence-electron chi connectivity index (χ4n) is 2.95. The van der Waals surface area contributed by atoms with Crippen molar-refractivity contribution in [3.8, 4) is 0 Å². The summed E-state index contributed by atoms with van der Waals surface area (Å²) < 4.78 is 1.04. The van der Waals surface area contributed by atoms with Crippen molar-refractivity contribution in [1.82, 2.24) is 15.1 Å². The van der Waals surface area contributed by atoms with E-state index < -0.39 is 0 Å². The first-order valence-corrected chi connectivity index (χ1v) is 8.98. The molecule has 0 radical (unpaired) electrons. The van der Waals surface area contributed by atoms with Gasteiger partial charge in [-0.25, -0.2) is 0 Å². The lowest BCUT2D eigenvalue weighted by Crippen LogP contribution is -2.39. The van der Waals surface area contributed by atoms with Crippen molar-refractivity contribution in [2.45, 2.75) is 26.7 Å². The zero-order chi connectivity index (χ0) is 17.1. The van der Waals surface area contributed by atoms with E-state index in [9.17, 15) is 4.79 Å². The van der Waals surface area contributed by atoms with E-state index in [1.165, 1.54) is 6.42 Å². The van der Waals surface area contributed by atoms with E-state index >= 15 is 0 Å². The van der Waals surface area contributed by atoms with Crippen molar-refractivity contribution in [3.63, 3.8) is 0 Å². The van der Waals surface area contributed by atoms with Crippen molar-refractivity contribution in [1.29, 1.82) is 0 Å². The summed E-state index contributed by atoms with van der Waals surface area (Å²) in [5.74, 6) is 1.15. The topological polar surface area (TPSA) is 58.1 Å². The minimum absolute atomic E-state index is 0.0274. The standard InChI is InChI=1S/C18H21BrN4O/c1-12-4-3-9-23(11-12)18(24)16-7-8-17(22-21-16)20-15-6-5-14(19)10-13(15)2/h5-8,10,12H,3-4,9,11H2,1-2H3,(H,20,22). The number of carbonyl (C=O) groups is 1. The van der Waals surface area contributed by atoms with Gasteiger partial charge >= 0.3 is 0 Å². The molecule has 3 rings (SSSR count). The van der Waals surface area contributed by atoms with E-state index in [0.717, 1.165) is 35.2 Å². The number of rotatable bonds is 3. The van der Waals surface area contributed by atoms with Gasteiger partial charge in [0.15, 0.2) is 11.5 Å². The molecule has 1 atom stereocenters. The molecule has 1 aromatic carbocycles. The summed E-state index contributed by atoms with van der Waals surface area (Å²) in [6.45, 7) is 5.82. The fourth-order valence-corrected chi connectivity index (χ4v) is 3.43. The molecular formula is C18H21BrN4O. The van der Waals surface area contributed by atoms with Crippen LogP contribution in [-0.2, 0) is 0 Å². The number of nitrogens with one attached hydrogen (secondary N) is 1. The van der Waals surface area contributed by atoms with Crippen LogP contribution in [0.3, 0.4) is 0 Å². The molecule has 1 aliphatic heterocycles. The molecule has 6 heteroatoms. The third-order valence-corrected chi connectivity index (χ3v) is 4.77. The molecule has 0 saturated carbocycles. The average Bonchev–Trinajstić information content (AvgIpc) is 2.57. The van der Waals surface area contributed by atoms with Gasteiger partial charge in [-0.15, -0.1) is 10.2 Å². The van der Waals surface area contributed by atoms with Crippen molar-refractivity contribution in [2.24, 2.45) is 5.92 Å². The minimum Gasteiger partial charge on any atom is -0.339 e. The molecule has 1 fully saturated rings. The third kappa shape index (κ3) is 3.93. The monoisotopic (exact) mass is 388 g/mol. The zero-order valence-electron chi connectivity index (χ0n) is 13.9. The first-order valence-electron chi connectivity index (χ1n) is 8.19. The van der Waals surface area contributed by atoms with Crippen LogP contribution in [0.2, 0.25) is 0 Å². The Balaban J connectivity index is 1.69. The molecule has 126 valence electrons. The third-order valence-electron chi connectivity index (χ3n) is 4.28. The lowest BCUT2D eigenvalue weighted by Gasteiger charge is -2.30. The number of hydrogen-bond acceptors (Lipinski definition) is 4. The van der Waals surface area contributed by atoms with Gasteiger partial charge in [0.05, 0.1) is 0 Å². The second-order valence-electron chi connectivity index (χ2n) is 6.39. The lowest BCUT2D eigenvalue weighted by atomic mass is 10.00. The summed E-state index contributed by atoms with van der Waals surface area (Å²) in [6, 6.07) is 9.53. The summed E-state index contributed by atoms with van der Waals surface area (Å²) in [5, 5.41) is 11.5. The molecule has 1 aromatic heterocycles. The summed E-state index contributed by atoms with van der Waals surface area (Å²) in [7, 11) is 0. The maximum absolute atomic E-state index is 12.5. The van der Waals surface area contributed by atoms with Crippen LogP contribution in [0.5, 0.6) is 0 Å². The number of likely N-dealkylation sites (tertiary alicyclic amines) is 1. The molecule has 24 heavy (non-hydrogen) atoms. The van der Waals surface area contributed by atoms with E-state index in [1.54, 1.807) is 12.1 Å². The molecule has 0 aliphatic carbocycles. The average molecular weight is 389 g/mol. The summed E-state index contributed by atoms with van der Waals surface area (Å²) in [6.07, 6.45) is 2.24. The van der Waals surface area contributed by atoms with Crippen molar-refractivity contribution in [3.05, 3.63) is 46.1 Å². The molecular weight excluding hydrogens is 368 g/mol. The second-order valence-corrected chi connectivity index (χ2v) is 7.30. The highest BCUT2D eigenvalue weighted by Crippen LogP contribution is 2.23. The second kappa shape index (κ2) is 7.30. The number of halogens is 1. The van der Waals surface area contributed by atoms with E-state index in [2.05, 4.69) is 38.4 Å². The molecule has 1 N–H and O–H groups in total. The van der Waals surface area contributed by atoms with E-state index in [1.807, 2.05) is 30.0 Å². The van der Waals surface area contributed by atoms with Crippen molar-refractivity contribution < 1.29 is 4.79 Å². The fraction of sp³-hybridized carbons (Fsp3) is 0.389. The number of amides is 1. The summed E-state index contributed by atoms with van der Waals surface area (Å²) in [4.78, 5) is 14.4. The Bertz CT molecular complexity index is 732. The van der Waals surface area contributed by atoms with Crippen molar-refractivity contribution in [2.75, 3.05) is 18.4 Å². The number of piperidine rings is 1. The van der Waals surface area contributed by atoms with Gasteiger partial charge in [0, 0.05) is 23.2 Å². The molecule has 5 nitrogen and oxygen atoms in total. The number of aryl methyl sites for hydroxylation is 1. The van der Waals surface area contributed by atoms with Gasteiger partial charge in [0.1, 0.15) is 0 Å². The van der Waals surface area contributed by atoms with Crippen LogP contribution in [0.25, 0.3) is 0 Å². The highest BCUT2D eigenvalue weighted by atomic mass is 79.9. The predicted octanol–water partition coefficient (Wildman–Crippen LogP) is 4.16. The Hall–Kier alpha value is -1.95. The number of nitrogens with zero attached hydrogens (tertiary/aromatic N) is 3. The maximum atomic E-state index is 12.5. The zero-order valence-corrected chi connectivity index (χ0v) is 15.5. The lowest BCUT2D eigenvalue weighted by molar-refractivity contribution is 0.0676. The van der Waals surface area contributed by atoms with Gasteiger partial charge < -0.3 is 10.2 Å². The van der Waals surface area contributed by atoms with Gasteiger partial charge in [-0.1, -0.05) is 22.9 Å². The summed E-state index contributed by atoms with van der Waals surface area (Å²) in [5.41, 5.74) is 2.48. The Labute approximate surface area is 150 Å². The van der Waals surface area contributed by atoms with E-state index in [0.29, 0.717) is 17.4 Å². The van der Waals surface area contributed by atoms with Gasteiger partial charge in [-0.2, -0.15) is 0 Å². The van der Waals surface area contributed by atoms with Gasteiger partial charge in [0.25, 0.3) is 5.91 Å². The van der Waals surface area contributed by atoms with Crippen LogP contribution in [0.4, 0.5) is 11.5 Å². The van der Waals surface area contributed by atoms with Crippen LogP contribution < -0.4 is 5.32 Å². The number of hydrogen-bond donors (Lipinski definition) is 1. The van der Waals surface area contributed by atoms with Gasteiger partial charge in [-0.3, -0.25) is 4.79 Å². The number of carbonyl (C=O) groups excluding carboxylic acids is 1. The largest absolute Gasteiger partial charge is 0.339 e. The molecule has 1 saturated heterocycles. The predicted molar refractivity (Wildman–Crippen MR) is 98.5 cm³/mol. The highest BCUT2D eigenvalue weighted by molar-refractivity contribution is 9.10. The summed E-state index contributed by atoms with van der Waals surface area (Å²) >= 11 is 3.45. The molecule has 1 amide bonds. The first kappa shape index (κ1) is 16.9. The van der Waals surface area contributed by atoms with Gasteiger partial charge in [0.2, 0.25) is 0 Å². The van der Waals surface area contributed by atoms with E-state index in [4.69, 9.17) is 0 Å². The number of aromatic nitrogens is 2. The quantitative estimate of drug-likeness (QED) is 0.857. The van der Waals surface area contributed by atoms with Crippen LogP contribution in [-0.4, -0.2) is 34.1 Å². The number of benzene rings is 1. The first-order chi connectivity index (χ1) is 11.5. The Kier molecular flexibility index (Phi) is 5.14. The molecule has 0 bridgehead atoms. The molecule has 0 spiro atoms. The van der Waals surface area contributed by atoms with E-state index in [-0.39, 0.29) is 5.91 Å². The van der Waals surface area contributed by atoms with Crippen LogP contribution in [0.15, 0.2) is 34.8 Å². The maximum Gasteiger partial charge on any atom is 0.274 e. The number of anilines is 2. The van der Waals surface area contributed by atoms with Crippen LogP contribution in [0.1, 0.15) is 35.8 Å². The molecule has 2 aromatic rings. The molecule has 1 unspecified atom stereocenters.